The maximum Gasteiger partial charge on any atom is 0.142 e. The van der Waals surface area contributed by atoms with Crippen LogP contribution in [0.5, 0.6) is 5.75 Å². The summed E-state index contributed by atoms with van der Waals surface area (Å²) in [6.07, 6.45) is 2.61. The molecule has 1 atom stereocenters. The van der Waals surface area contributed by atoms with E-state index in [1.165, 1.54) is 0 Å². The van der Waals surface area contributed by atoms with Crippen molar-refractivity contribution in [1.82, 2.24) is 4.98 Å². The predicted molar refractivity (Wildman–Crippen MR) is 41.3 cm³/mol. The number of ether oxygens (including phenoxy) is 1. The fourth-order valence-electron chi connectivity index (χ4n) is 1.24. The van der Waals surface area contributed by atoms with Crippen molar-refractivity contribution in [2.75, 3.05) is 6.61 Å². The molecule has 3 nitrogen and oxygen atoms in total. The Kier molecular flexibility index (Phi) is 1.51. The Morgan fingerprint density at radius 3 is 3.36 bits per heavy atom. The van der Waals surface area contributed by atoms with Crippen LogP contribution in [0.4, 0.5) is 0 Å². The van der Waals surface area contributed by atoms with Gasteiger partial charge in [0.1, 0.15) is 5.75 Å². The molecule has 2 N–H and O–H groups in total. The second kappa shape index (κ2) is 2.51. The first kappa shape index (κ1) is 6.61. The molecule has 0 aliphatic carbocycles. The van der Waals surface area contributed by atoms with Crippen molar-refractivity contribution in [2.45, 2.75) is 12.5 Å². The van der Waals surface area contributed by atoms with Gasteiger partial charge in [0.25, 0.3) is 0 Å². The van der Waals surface area contributed by atoms with Crippen molar-refractivity contribution < 1.29 is 4.74 Å². The minimum Gasteiger partial charge on any atom is -0.492 e. The minimum atomic E-state index is 0.0555. The summed E-state index contributed by atoms with van der Waals surface area (Å²) in [4.78, 5) is 4.15. The van der Waals surface area contributed by atoms with Crippen LogP contribution in [-0.2, 0) is 0 Å². The summed E-state index contributed by atoms with van der Waals surface area (Å²) in [5, 5.41) is 0. The van der Waals surface area contributed by atoms with Gasteiger partial charge in [0.05, 0.1) is 18.3 Å². The Bertz CT molecular complexity index is 262. The van der Waals surface area contributed by atoms with Gasteiger partial charge >= 0.3 is 0 Å². The first-order valence-electron chi connectivity index (χ1n) is 3.71. The average molecular weight is 150 g/mol. The van der Waals surface area contributed by atoms with E-state index in [1.54, 1.807) is 6.20 Å². The van der Waals surface area contributed by atoms with E-state index in [-0.39, 0.29) is 6.04 Å². The molecule has 0 saturated heterocycles. The Balaban J connectivity index is 2.44. The minimum absolute atomic E-state index is 0.0555. The average Bonchev–Trinajstić information content (AvgIpc) is 2.06. The molecule has 1 aromatic heterocycles. The monoisotopic (exact) mass is 150 g/mol. The van der Waals surface area contributed by atoms with Gasteiger partial charge in [-0.15, -0.1) is 0 Å². The number of fused-ring (bicyclic) bond motifs is 1. The third-order valence-corrected chi connectivity index (χ3v) is 1.84. The SMILES string of the molecule is N[C@H]1CCOc2cccnc21. The standard InChI is InChI=1S/C8H10N2O/c9-6-3-5-11-7-2-1-4-10-8(6)7/h1-2,4,6H,3,5,9H2/t6-/m0/s1. The Morgan fingerprint density at radius 2 is 2.55 bits per heavy atom. The molecule has 2 heterocycles. The van der Waals surface area contributed by atoms with E-state index < -0.39 is 0 Å². The second-order valence-corrected chi connectivity index (χ2v) is 2.63. The van der Waals surface area contributed by atoms with Crippen LogP contribution in [0, 0.1) is 0 Å². The van der Waals surface area contributed by atoms with Crippen LogP contribution in [0.1, 0.15) is 18.2 Å². The quantitative estimate of drug-likeness (QED) is 0.596. The van der Waals surface area contributed by atoms with Crippen molar-refractivity contribution in [1.29, 1.82) is 0 Å². The number of rotatable bonds is 0. The summed E-state index contributed by atoms with van der Waals surface area (Å²) in [6.45, 7) is 0.708. The van der Waals surface area contributed by atoms with Gasteiger partial charge < -0.3 is 10.5 Å². The highest BCUT2D eigenvalue weighted by Gasteiger charge is 2.17. The van der Waals surface area contributed by atoms with E-state index in [4.69, 9.17) is 10.5 Å². The first-order chi connectivity index (χ1) is 5.38. The van der Waals surface area contributed by atoms with Crippen LogP contribution >= 0.6 is 0 Å². The zero-order valence-electron chi connectivity index (χ0n) is 6.16. The zero-order valence-corrected chi connectivity index (χ0v) is 6.16. The van der Waals surface area contributed by atoms with Gasteiger partial charge in [-0.2, -0.15) is 0 Å². The van der Waals surface area contributed by atoms with E-state index in [0.717, 1.165) is 17.9 Å². The number of hydrogen-bond donors (Lipinski definition) is 1. The molecule has 0 aromatic carbocycles. The predicted octanol–water partition coefficient (Wildman–Crippen LogP) is 0.864. The third-order valence-electron chi connectivity index (χ3n) is 1.84. The lowest BCUT2D eigenvalue weighted by molar-refractivity contribution is 0.264. The molecular weight excluding hydrogens is 140 g/mol. The molecule has 0 unspecified atom stereocenters. The highest BCUT2D eigenvalue weighted by atomic mass is 16.5. The molecule has 0 fully saturated rings. The highest BCUT2D eigenvalue weighted by molar-refractivity contribution is 5.30. The summed E-state index contributed by atoms with van der Waals surface area (Å²) in [5.41, 5.74) is 6.69. The van der Waals surface area contributed by atoms with Gasteiger partial charge in [-0.25, -0.2) is 0 Å². The smallest absolute Gasteiger partial charge is 0.142 e. The fraction of sp³-hybridized carbons (Fsp3) is 0.375. The van der Waals surface area contributed by atoms with E-state index >= 15 is 0 Å². The maximum absolute atomic E-state index is 5.80. The van der Waals surface area contributed by atoms with E-state index in [1.807, 2.05) is 12.1 Å². The number of aromatic nitrogens is 1. The van der Waals surface area contributed by atoms with Gasteiger partial charge in [-0.3, -0.25) is 4.98 Å². The van der Waals surface area contributed by atoms with Crippen molar-refractivity contribution in [2.24, 2.45) is 5.73 Å². The molecule has 0 spiro atoms. The van der Waals surface area contributed by atoms with E-state index in [9.17, 15) is 0 Å². The molecule has 58 valence electrons. The molecule has 0 saturated carbocycles. The zero-order chi connectivity index (χ0) is 7.68. The molecule has 0 radical (unpaired) electrons. The van der Waals surface area contributed by atoms with Crippen LogP contribution < -0.4 is 10.5 Å². The summed E-state index contributed by atoms with van der Waals surface area (Å²) in [7, 11) is 0. The number of nitrogens with zero attached hydrogens (tertiary/aromatic N) is 1. The van der Waals surface area contributed by atoms with Crippen molar-refractivity contribution in [3.05, 3.63) is 24.0 Å². The lowest BCUT2D eigenvalue weighted by atomic mass is 10.1. The molecule has 1 aliphatic heterocycles. The molecule has 0 bridgehead atoms. The molecule has 3 heteroatoms. The summed E-state index contributed by atoms with van der Waals surface area (Å²) >= 11 is 0. The van der Waals surface area contributed by atoms with Crippen molar-refractivity contribution in [3.63, 3.8) is 0 Å². The van der Waals surface area contributed by atoms with E-state index in [0.29, 0.717) is 6.61 Å². The van der Waals surface area contributed by atoms with Gasteiger partial charge in [-0.1, -0.05) is 0 Å². The Labute approximate surface area is 65.2 Å². The molecule has 2 rings (SSSR count). The van der Waals surface area contributed by atoms with Gasteiger partial charge in [0.2, 0.25) is 0 Å². The number of hydrogen-bond acceptors (Lipinski definition) is 3. The molecule has 1 aromatic rings. The van der Waals surface area contributed by atoms with Crippen LogP contribution in [0.25, 0.3) is 0 Å². The number of nitrogens with two attached hydrogens (primary N) is 1. The molecule has 11 heavy (non-hydrogen) atoms. The molecule has 0 amide bonds. The lowest BCUT2D eigenvalue weighted by Crippen LogP contribution is -2.21. The van der Waals surface area contributed by atoms with Crippen LogP contribution in [0.2, 0.25) is 0 Å². The fourth-order valence-corrected chi connectivity index (χ4v) is 1.24. The van der Waals surface area contributed by atoms with Crippen LogP contribution in [0.15, 0.2) is 18.3 Å². The summed E-state index contributed by atoms with van der Waals surface area (Å²) in [6, 6.07) is 3.82. The normalized spacial score (nSPS) is 22.1. The largest absolute Gasteiger partial charge is 0.492 e. The maximum atomic E-state index is 5.80. The van der Waals surface area contributed by atoms with Crippen molar-refractivity contribution >= 4 is 0 Å². The molecule has 1 aliphatic rings. The van der Waals surface area contributed by atoms with Gasteiger partial charge in [0, 0.05) is 12.6 Å². The molecular formula is C8H10N2O. The Hall–Kier alpha value is -1.09. The van der Waals surface area contributed by atoms with Crippen molar-refractivity contribution in [3.8, 4) is 5.75 Å². The highest BCUT2D eigenvalue weighted by Crippen LogP contribution is 2.27. The Morgan fingerprint density at radius 1 is 1.64 bits per heavy atom. The van der Waals surface area contributed by atoms with Crippen LogP contribution in [-0.4, -0.2) is 11.6 Å². The topological polar surface area (TPSA) is 48.1 Å². The number of pyridine rings is 1. The summed E-state index contributed by atoms with van der Waals surface area (Å²) in [5.74, 6) is 0.839. The van der Waals surface area contributed by atoms with Crippen LogP contribution in [0.3, 0.4) is 0 Å². The first-order valence-corrected chi connectivity index (χ1v) is 3.71. The third kappa shape index (κ3) is 1.07. The van der Waals surface area contributed by atoms with Gasteiger partial charge in [-0.05, 0) is 12.1 Å². The van der Waals surface area contributed by atoms with Gasteiger partial charge in [0.15, 0.2) is 0 Å². The summed E-state index contributed by atoms with van der Waals surface area (Å²) < 4.78 is 5.35. The lowest BCUT2D eigenvalue weighted by Gasteiger charge is -2.20. The van der Waals surface area contributed by atoms with E-state index in [2.05, 4.69) is 4.98 Å². The second-order valence-electron chi connectivity index (χ2n) is 2.63.